The number of aliphatic carboxylic acids is 1. The number of alkyl carbamates (subject to hydrolysis) is 1. The van der Waals surface area contributed by atoms with Crippen molar-refractivity contribution < 1.29 is 38.5 Å². The average Bonchev–Trinajstić information content (AvgIpc) is 3.17. The number of carbonyl (C=O) groups excluding carboxylic acids is 3. The molecule has 1 amide bonds. The molecule has 0 radical (unpaired) electrons. The van der Waals surface area contributed by atoms with Gasteiger partial charge in [-0.1, -0.05) is 60.2 Å². The van der Waals surface area contributed by atoms with E-state index in [0.29, 0.717) is 5.56 Å². The molecule has 0 bridgehead atoms. The van der Waals surface area contributed by atoms with Gasteiger partial charge in [0.25, 0.3) is 0 Å². The number of carboxylic acid groups (broad SMARTS) is 1. The van der Waals surface area contributed by atoms with E-state index in [9.17, 15) is 19.2 Å². The van der Waals surface area contributed by atoms with Crippen LogP contribution in [-0.2, 0) is 35.2 Å². The zero-order valence-electron chi connectivity index (χ0n) is 17.9. The van der Waals surface area contributed by atoms with E-state index in [1.165, 1.54) is 0 Å². The molecule has 2 aromatic rings. The summed E-state index contributed by atoms with van der Waals surface area (Å²) in [4.78, 5) is 48.0. The van der Waals surface area contributed by atoms with E-state index >= 15 is 0 Å². The highest BCUT2D eigenvalue weighted by Crippen LogP contribution is 2.27. The van der Waals surface area contributed by atoms with Crippen LogP contribution in [0.15, 0.2) is 60.4 Å². The first-order chi connectivity index (χ1) is 15.8. The number of amides is 1. The maximum Gasteiger partial charge on any atom is 0.408 e. The van der Waals surface area contributed by atoms with Crippen molar-refractivity contribution in [1.29, 1.82) is 0 Å². The molecule has 1 aliphatic heterocycles. The zero-order valence-corrected chi connectivity index (χ0v) is 17.9. The predicted octanol–water partition coefficient (Wildman–Crippen LogP) is 2.62. The fourth-order valence-electron chi connectivity index (χ4n) is 3.09. The van der Waals surface area contributed by atoms with Gasteiger partial charge in [-0.25, -0.2) is 9.59 Å². The van der Waals surface area contributed by atoms with Crippen molar-refractivity contribution in [3.63, 3.8) is 0 Å². The molecule has 0 spiro atoms. The molecule has 0 saturated heterocycles. The van der Waals surface area contributed by atoms with Crippen molar-refractivity contribution in [2.45, 2.75) is 26.0 Å². The standard InChI is InChI=1S/C24H23NO8/c1-15-7-9-17(10-8-15)22-20(14-32-23(22)29)31-13-19(26)18(11-21(27)28)25-24(30)33-12-16-5-3-2-4-6-16/h2-10,18H,11-14H2,1H3,(H,25,30)(H,27,28)/t18-/m0/s1. The third kappa shape index (κ3) is 6.67. The molecule has 9 nitrogen and oxygen atoms in total. The summed E-state index contributed by atoms with van der Waals surface area (Å²) < 4.78 is 15.6. The topological polar surface area (TPSA) is 128 Å². The largest absolute Gasteiger partial charge is 0.486 e. The van der Waals surface area contributed by atoms with Gasteiger partial charge in [-0.15, -0.1) is 0 Å². The number of carboxylic acids is 1. The molecule has 9 heteroatoms. The Kier molecular flexibility index (Phi) is 7.80. The number of rotatable bonds is 10. The Balaban J connectivity index is 1.63. The smallest absolute Gasteiger partial charge is 0.408 e. The number of cyclic esters (lactones) is 1. The summed E-state index contributed by atoms with van der Waals surface area (Å²) >= 11 is 0. The van der Waals surface area contributed by atoms with Crippen LogP contribution in [0.3, 0.4) is 0 Å². The number of hydrogen-bond acceptors (Lipinski definition) is 7. The monoisotopic (exact) mass is 453 g/mol. The van der Waals surface area contributed by atoms with E-state index in [-0.39, 0.29) is 24.5 Å². The lowest BCUT2D eigenvalue weighted by Crippen LogP contribution is -2.44. The van der Waals surface area contributed by atoms with Gasteiger partial charge in [0.05, 0.1) is 6.42 Å². The average molecular weight is 453 g/mol. The SMILES string of the molecule is Cc1ccc(C2=C(OCC(=O)[C@H](CC(=O)O)NC(=O)OCc3ccccc3)COC2=O)cc1. The lowest BCUT2D eigenvalue weighted by atomic mass is 10.0. The first-order valence-corrected chi connectivity index (χ1v) is 10.2. The van der Waals surface area contributed by atoms with Crippen LogP contribution in [0.2, 0.25) is 0 Å². The summed E-state index contributed by atoms with van der Waals surface area (Å²) in [7, 11) is 0. The number of ether oxygens (including phenoxy) is 3. The van der Waals surface area contributed by atoms with Gasteiger partial charge in [0.15, 0.2) is 5.78 Å². The Morgan fingerprint density at radius 1 is 1.09 bits per heavy atom. The van der Waals surface area contributed by atoms with Crippen molar-refractivity contribution in [3.8, 4) is 0 Å². The third-order valence-corrected chi connectivity index (χ3v) is 4.82. The molecule has 1 atom stereocenters. The maximum atomic E-state index is 12.6. The van der Waals surface area contributed by atoms with Crippen molar-refractivity contribution in [3.05, 3.63) is 77.0 Å². The number of esters is 1. The lowest BCUT2D eigenvalue weighted by molar-refractivity contribution is -0.140. The summed E-state index contributed by atoms with van der Waals surface area (Å²) in [5, 5.41) is 11.4. The molecule has 3 rings (SSSR count). The molecule has 1 aliphatic rings. The molecule has 0 aromatic heterocycles. The highest BCUT2D eigenvalue weighted by molar-refractivity contribution is 6.19. The van der Waals surface area contributed by atoms with Gasteiger partial charge < -0.3 is 24.6 Å². The summed E-state index contributed by atoms with van der Waals surface area (Å²) in [6.07, 6.45) is -1.58. The van der Waals surface area contributed by atoms with Gasteiger partial charge in [-0.05, 0) is 18.1 Å². The fraction of sp³-hybridized carbons (Fsp3) is 0.250. The van der Waals surface area contributed by atoms with Crippen LogP contribution in [0.5, 0.6) is 0 Å². The van der Waals surface area contributed by atoms with Gasteiger partial charge in [-0.2, -0.15) is 0 Å². The highest BCUT2D eigenvalue weighted by atomic mass is 16.6. The molecule has 0 aliphatic carbocycles. The van der Waals surface area contributed by atoms with Crippen molar-refractivity contribution in [1.82, 2.24) is 5.32 Å². The molecule has 0 saturated carbocycles. The summed E-state index contributed by atoms with van der Waals surface area (Å²) in [6, 6.07) is 14.6. The van der Waals surface area contributed by atoms with E-state index < -0.39 is 42.9 Å². The van der Waals surface area contributed by atoms with Crippen molar-refractivity contribution in [2.75, 3.05) is 13.2 Å². The Morgan fingerprint density at radius 3 is 2.45 bits per heavy atom. The van der Waals surface area contributed by atoms with Gasteiger partial charge >= 0.3 is 18.0 Å². The minimum atomic E-state index is -1.37. The Hall–Kier alpha value is -4.14. The zero-order chi connectivity index (χ0) is 23.8. The number of benzene rings is 2. The number of carbonyl (C=O) groups is 4. The van der Waals surface area contributed by atoms with E-state index in [1.807, 2.05) is 25.1 Å². The Morgan fingerprint density at radius 2 is 1.79 bits per heavy atom. The lowest BCUT2D eigenvalue weighted by Gasteiger charge is -2.16. The number of hydrogen-bond donors (Lipinski definition) is 2. The van der Waals surface area contributed by atoms with E-state index in [0.717, 1.165) is 11.1 Å². The molecule has 1 heterocycles. The molecule has 2 aromatic carbocycles. The van der Waals surface area contributed by atoms with Crippen LogP contribution in [-0.4, -0.2) is 48.2 Å². The second-order valence-electron chi connectivity index (χ2n) is 7.35. The van der Waals surface area contributed by atoms with Gasteiger partial charge in [0.2, 0.25) is 0 Å². The molecule has 33 heavy (non-hydrogen) atoms. The van der Waals surface area contributed by atoms with Crippen LogP contribution in [0, 0.1) is 6.92 Å². The van der Waals surface area contributed by atoms with E-state index in [1.54, 1.807) is 36.4 Å². The molecular formula is C24H23NO8. The van der Waals surface area contributed by atoms with E-state index in [2.05, 4.69) is 5.32 Å². The molecular weight excluding hydrogens is 430 g/mol. The minimum Gasteiger partial charge on any atom is -0.486 e. The summed E-state index contributed by atoms with van der Waals surface area (Å²) in [6.45, 7) is 1.16. The van der Waals surface area contributed by atoms with Crippen LogP contribution in [0.1, 0.15) is 23.1 Å². The number of ketones is 1. The van der Waals surface area contributed by atoms with Crippen molar-refractivity contribution >= 4 is 29.4 Å². The highest BCUT2D eigenvalue weighted by Gasteiger charge is 2.30. The normalized spacial score (nSPS) is 13.8. The second kappa shape index (κ2) is 10.9. The van der Waals surface area contributed by atoms with Crippen LogP contribution < -0.4 is 5.32 Å². The van der Waals surface area contributed by atoms with Crippen LogP contribution >= 0.6 is 0 Å². The Labute approximate surface area is 190 Å². The first kappa shape index (κ1) is 23.5. The Bertz CT molecular complexity index is 1060. The van der Waals surface area contributed by atoms with Gasteiger partial charge in [0.1, 0.15) is 37.2 Å². The van der Waals surface area contributed by atoms with Crippen molar-refractivity contribution in [2.24, 2.45) is 0 Å². The number of aryl methyl sites for hydroxylation is 1. The minimum absolute atomic E-state index is 0.0383. The quantitative estimate of drug-likeness (QED) is 0.526. The summed E-state index contributed by atoms with van der Waals surface area (Å²) in [5.74, 6) is -2.39. The fourth-order valence-corrected chi connectivity index (χ4v) is 3.09. The summed E-state index contributed by atoms with van der Waals surface area (Å²) in [5.41, 5.74) is 2.52. The second-order valence-corrected chi connectivity index (χ2v) is 7.35. The van der Waals surface area contributed by atoms with Gasteiger partial charge in [0, 0.05) is 0 Å². The van der Waals surface area contributed by atoms with Gasteiger partial charge in [-0.3, -0.25) is 9.59 Å². The maximum absolute atomic E-state index is 12.6. The third-order valence-electron chi connectivity index (χ3n) is 4.82. The molecule has 0 fully saturated rings. The molecule has 2 N–H and O–H groups in total. The molecule has 0 unspecified atom stereocenters. The first-order valence-electron chi connectivity index (χ1n) is 10.2. The van der Waals surface area contributed by atoms with Crippen LogP contribution in [0.4, 0.5) is 4.79 Å². The van der Waals surface area contributed by atoms with Crippen LogP contribution in [0.25, 0.3) is 5.57 Å². The predicted molar refractivity (Wildman–Crippen MR) is 116 cm³/mol. The molecule has 172 valence electrons. The number of Topliss-reactive ketones (excluding diaryl/α,β-unsaturated/α-hetero) is 1. The number of nitrogens with one attached hydrogen (secondary N) is 1. The van der Waals surface area contributed by atoms with E-state index in [4.69, 9.17) is 19.3 Å².